The largest absolute Gasteiger partial charge is 0.494 e. The first-order valence-corrected chi connectivity index (χ1v) is 11.1. The summed E-state index contributed by atoms with van der Waals surface area (Å²) in [6, 6.07) is 12.3. The molecule has 0 fully saturated rings. The Labute approximate surface area is 174 Å². The maximum absolute atomic E-state index is 13.0. The van der Waals surface area contributed by atoms with Gasteiger partial charge in [-0.2, -0.15) is 0 Å². The summed E-state index contributed by atoms with van der Waals surface area (Å²) in [6.07, 6.45) is 2.64. The van der Waals surface area contributed by atoms with E-state index in [1.54, 1.807) is 24.3 Å². The Kier molecular flexibility index (Phi) is 6.23. The standard InChI is InChI=1S/C21H23N3O5S/c1-2-3-8-13-24-16-11-6-4-9-14(16)19(25)18(21(24)27)20(26)23-15-10-5-7-12-17(15)30(22,28)29/h4-7,9-12,27H,2-3,8,13H2,1H3,(H,23,26)(H2,22,28,29). The number of sulfonamides is 1. The SMILES string of the molecule is CCCCCn1c(O)c(C(=O)Nc2ccccc2S(N)(=O)=O)c(=O)c2ccccc21. The molecule has 30 heavy (non-hydrogen) atoms. The van der Waals surface area contributed by atoms with Gasteiger partial charge in [0.15, 0.2) is 0 Å². The number of fused-ring (bicyclic) bond motifs is 1. The number of aryl methyl sites for hydroxylation is 1. The molecule has 1 aromatic heterocycles. The highest BCUT2D eigenvalue weighted by Gasteiger charge is 2.24. The van der Waals surface area contributed by atoms with Gasteiger partial charge in [0.25, 0.3) is 5.91 Å². The smallest absolute Gasteiger partial charge is 0.265 e. The van der Waals surface area contributed by atoms with Crippen molar-refractivity contribution in [1.29, 1.82) is 0 Å². The molecule has 1 amide bonds. The van der Waals surface area contributed by atoms with Crippen molar-refractivity contribution >= 4 is 32.5 Å². The van der Waals surface area contributed by atoms with E-state index in [4.69, 9.17) is 5.14 Å². The third-order valence-corrected chi connectivity index (χ3v) is 5.77. The zero-order valence-corrected chi connectivity index (χ0v) is 17.3. The fourth-order valence-corrected chi connectivity index (χ4v) is 4.03. The van der Waals surface area contributed by atoms with E-state index < -0.39 is 32.8 Å². The molecule has 158 valence electrons. The highest BCUT2D eigenvalue weighted by atomic mass is 32.2. The first-order chi connectivity index (χ1) is 14.3. The van der Waals surface area contributed by atoms with E-state index in [0.29, 0.717) is 12.1 Å². The number of para-hydroxylation sites is 2. The Hall–Kier alpha value is -3.17. The first-order valence-electron chi connectivity index (χ1n) is 9.53. The van der Waals surface area contributed by atoms with Crippen LogP contribution >= 0.6 is 0 Å². The van der Waals surface area contributed by atoms with Crippen LogP contribution in [0.2, 0.25) is 0 Å². The van der Waals surface area contributed by atoms with Crippen LogP contribution < -0.4 is 15.9 Å². The van der Waals surface area contributed by atoms with Gasteiger partial charge in [-0.1, -0.05) is 44.0 Å². The number of aromatic hydroxyl groups is 1. The van der Waals surface area contributed by atoms with Crippen molar-refractivity contribution in [3.8, 4) is 5.88 Å². The second-order valence-electron chi connectivity index (χ2n) is 6.90. The molecule has 0 spiro atoms. The number of nitrogens with one attached hydrogen (secondary N) is 1. The molecular formula is C21H23N3O5S. The summed E-state index contributed by atoms with van der Waals surface area (Å²) in [5.41, 5.74) is -0.637. The lowest BCUT2D eigenvalue weighted by Crippen LogP contribution is -2.26. The summed E-state index contributed by atoms with van der Waals surface area (Å²) >= 11 is 0. The minimum Gasteiger partial charge on any atom is -0.494 e. The van der Waals surface area contributed by atoms with Gasteiger partial charge in [0, 0.05) is 11.9 Å². The van der Waals surface area contributed by atoms with Gasteiger partial charge < -0.3 is 15.0 Å². The van der Waals surface area contributed by atoms with E-state index in [1.807, 2.05) is 6.92 Å². The molecule has 1 heterocycles. The van der Waals surface area contributed by atoms with E-state index in [-0.39, 0.29) is 16.0 Å². The average Bonchev–Trinajstić information content (AvgIpc) is 2.70. The number of rotatable bonds is 7. The second kappa shape index (κ2) is 8.68. The summed E-state index contributed by atoms with van der Waals surface area (Å²) in [5.74, 6) is -1.37. The molecular weight excluding hydrogens is 406 g/mol. The normalized spacial score (nSPS) is 11.5. The van der Waals surface area contributed by atoms with Gasteiger partial charge in [-0.05, 0) is 30.7 Å². The fourth-order valence-electron chi connectivity index (χ4n) is 3.34. The molecule has 0 aliphatic heterocycles. The molecule has 3 rings (SSSR count). The topological polar surface area (TPSA) is 131 Å². The number of primary sulfonamides is 1. The molecule has 8 nitrogen and oxygen atoms in total. The van der Waals surface area contributed by atoms with Crippen molar-refractivity contribution in [2.75, 3.05) is 5.32 Å². The molecule has 0 aliphatic rings. The zero-order valence-electron chi connectivity index (χ0n) is 16.5. The quantitative estimate of drug-likeness (QED) is 0.497. The van der Waals surface area contributed by atoms with Gasteiger partial charge in [-0.3, -0.25) is 9.59 Å². The van der Waals surface area contributed by atoms with Gasteiger partial charge in [-0.15, -0.1) is 0 Å². The van der Waals surface area contributed by atoms with Crippen LogP contribution in [0, 0.1) is 0 Å². The molecule has 9 heteroatoms. The minimum atomic E-state index is -4.10. The Morgan fingerprint density at radius 2 is 1.77 bits per heavy atom. The number of pyridine rings is 1. The number of hydrogen-bond donors (Lipinski definition) is 3. The molecule has 0 saturated heterocycles. The third-order valence-electron chi connectivity index (χ3n) is 4.80. The summed E-state index contributed by atoms with van der Waals surface area (Å²) in [5, 5.41) is 18.7. The molecule has 0 radical (unpaired) electrons. The number of carbonyl (C=O) groups excluding carboxylic acids is 1. The van der Waals surface area contributed by atoms with Crippen molar-refractivity contribution in [2.24, 2.45) is 5.14 Å². The van der Waals surface area contributed by atoms with Gasteiger partial charge in [-0.25, -0.2) is 13.6 Å². The van der Waals surface area contributed by atoms with Gasteiger partial charge in [0.05, 0.1) is 11.2 Å². The van der Waals surface area contributed by atoms with Crippen molar-refractivity contribution in [3.63, 3.8) is 0 Å². The summed E-state index contributed by atoms with van der Waals surface area (Å²) in [4.78, 5) is 25.6. The number of carbonyl (C=O) groups is 1. The summed E-state index contributed by atoms with van der Waals surface area (Å²) in [6.45, 7) is 2.47. The van der Waals surface area contributed by atoms with E-state index in [2.05, 4.69) is 5.32 Å². The van der Waals surface area contributed by atoms with Crippen LogP contribution in [0.1, 0.15) is 36.5 Å². The number of aromatic nitrogens is 1. The van der Waals surface area contributed by atoms with E-state index in [1.165, 1.54) is 28.8 Å². The predicted octanol–water partition coefficient (Wildman–Crippen LogP) is 2.80. The molecule has 0 atom stereocenters. The Morgan fingerprint density at radius 1 is 1.10 bits per heavy atom. The second-order valence-corrected chi connectivity index (χ2v) is 8.43. The summed E-state index contributed by atoms with van der Waals surface area (Å²) < 4.78 is 25.1. The number of nitrogens with zero attached hydrogens (tertiary/aromatic N) is 1. The first kappa shape index (κ1) is 21.5. The van der Waals surface area contributed by atoms with Gasteiger partial charge in [0.2, 0.25) is 21.3 Å². The highest BCUT2D eigenvalue weighted by molar-refractivity contribution is 7.89. The zero-order chi connectivity index (χ0) is 21.9. The van der Waals surface area contributed by atoms with Crippen molar-refractivity contribution in [1.82, 2.24) is 4.57 Å². The van der Waals surface area contributed by atoms with Crippen LogP contribution in [0.4, 0.5) is 5.69 Å². The number of nitrogens with two attached hydrogens (primary N) is 1. The van der Waals surface area contributed by atoms with Crippen molar-refractivity contribution < 1.29 is 18.3 Å². The van der Waals surface area contributed by atoms with Crippen molar-refractivity contribution in [3.05, 3.63) is 64.3 Å². The number of hydrogen-bond acceptors (Lipinski definition) is 5. The van der Waals surface area contributed by atoms with E-state index >= 15 is 0 Å². The summed E-state index contributed by atoms with van der Waals surface area (Å²) in [7, 11) is -4.10. The Bertz CT molecular complexity index is 1270. The maximum Gasteiger partial charge on any atom is 0.265 e. The number of unbranched alkanes of at least 4 members (excludes halogenated alkanes) is 2. The number of amides is 1. The Balaban J connectivity index is 2.12. The average molecular weight is 429 g/mol. The number of anilines is 1. The molecule has 3 aromatic rings. The van der Waals surface area contributed by atoms with Gasteiger partial charge in [0.1, 0.15) is 10.5 Å². The fraction of sp³-hybridized carbons (Fsp3) is 0.238. The Morgan fingerprint density at radius 3 is 2.47 bits per heavy atom. The minimum absolute atomic E-state index is 0.0745. The maximum atomic E-state index is 13.0. The monoisotopic (exact) mass is 429 g/mol. The van der Waals surface area contributed by atoms with E-state index in [9.17, 15) is 23.1 Å². The van der Waals surface area contributed by atoms with Crippen LogP contribution in [0.15, 0.2) is 58.2 Å². The molecule has 2 aromatic carbocycles. The van der Waals surface area contributed by atoms with Crippen LogP contribution in [-0.4, -0.2) is 24.0 Å². The predicted molar refractivity (Wildman–Crippen MR) is 115 cm³/mol. The molecule has 4 N–H and O–H groups in total. The molecule has 0 saturated carbocycles. The van der Waals surface area contributed by atoms with Crippen molar-refractivity contribution in [2.45, 2.75) is 37.6 Å². The van der Waals surface area contributed by atoms with Gasteiger partial charge >= 0.3 is 0 Å². The van der Waals surface area contributed by atoms with Crippen LogP contribution in [0.3, 0.4) is 0 Å². The van der Waals surface area contributed by atoms with Crippen LogP contribution in [-0.2, 0) is 16.6 Å². The molecule has 0 aliphatic carbocycles. The van der Waals surface area contributed by atoms with E-state index in [0.717, 1.165) is 19.3 Å². The lowest BCUT2D eigenvalue weighted by Gasteiger charge is -2.17. The lowest BCUT2D eigenvalue weighted by molar-refractivity contribution is 0.102. The lowest BCUT2D eigenvalue weighted by atomic mass is 10.1. The third kappa shape index (κ3) is 4.22. The van der Waals surface area contributed by atoms with Crippen LogP contribution in [0.5, 0.6) is 5.88 Å². The number of benzene rings is 2. The molecule has 0 bridgehead atoms. The molecule has 0 unspecified atom stereocenters. The van der Waals surface area contributed by atoms with Crippen LogP contribution in [0.25, 0.3) is 10.9 Å². The highest BCUT2D eigenvalue weighted by Crippen LogP contribution is 2.25.